The number of benzene rings is 1. The van der Waals surface area contributed by atoms with E-state index in [1.54, 1.807) is 6.07 Å². The zero-order valence-electron chi connectivity index (χ0n) is 11.3. The quantitative estimate of drug-likeness (QED) is 0.939. The summed E-state index contributed by atoms with van der Waals surface area (Å²) in [5, 5.41) is 2.74. The highest BCUT2D eigenvalue weighted by molar-refractivity contribution is 7.91. The van der Waals surface area contributed by atoms with Crippen LogP contribution in [0.3, 0.4) is 0 Å². The lowest BCUT2D eigenvalue weighted by molar-refractivity contribution is 0.0914. The molecule has 2 aromatic rings. The van der Waals surface area contributed by atoms with Crippen LogP contribution in [-0.4, -0.2) is 31.9 Å². The molecule has 1 aromatic carbocycles. The predicted octanol–water partition coefficient (Wildman–Crippen LogP) is 1.86. The summed E-state index contributed by atoms with van der Waals surface area (Å²) in [7, 11) is -3.02. The molecule has 3 rings (SSSR count). The van der Waals surface area contributed by atoms with Crippen LogP contribution in [0.1, 0.15) is 17.0 Å². The Hall–Kier alpha value is -2.08. The fourth-order valence-electron chi connectivity index (χ4n) is 2.49. The molecule has 1 saturated heterocycles. The zero-order valence-corrected chi connectivity index (χ0v) is 12.1. The molecule has 1 fully saturated rings. The van der Waals surface area contributed by atoms with Crippen LogP contribution in [0.25, 0.3) is 11.1 Å². The second-order valence-corrected chi connectivity index (χ2v) is 7.33. The summed E-state index contributed by atoms with van der Waals surface area (Å²) in [6.45, 7) is 0. The second kappa shape index (κ2) is 5.37. The molecule has 6 heteroatoms. The Kier molecular flexibility index (Phi) is 3.55. The fraction of sp³-hybridized carbons (Fsp3) is 0.267. The molecule has 21 heavy (non-hydrogen) atoms. The highest BCUT2D eigenvalue weighted by atomic mass is 32.2. The van der Waals surface area contributed by atoms with E-state index >= 15 is 0 Å². The molecule has 1 aromatic heterocycles. The van der Waals surface area contributed by atoms with Gasteiger partial charge in [0.05, 0.1) is 17.8 Å². The molecule has 0 spiro atoms. The van der Waals surface area contributed by atoms with E-state index in [0.717, 1.165) is 5.56 Å². The van der Waals surface area contributed by atoms with Crippen LogP contribution in [0.5, 0.6) is 0 Å². The van der Waals surface area contributed by atoms with Gasteiger partial charge in [-0.05, 0) is 18.1 Å². The molecule has 1 atom stereocenters. The van der Waals surface area contributed by atoms with Gasteiger partial charge in [0.2, 0.25) is 0 Å². The molecule has 110 valence electrons. The van der Waals surface area contributed by atoms with Gasteiger partial charge in [-0.1, -0.05) is 30.3 Å². The summed E-state index contributed by atoms with van der Waals surface area (Å²) in [6, 6.07) is 10.8. The number of amides is 1. The number of hydrogen-bond donors (Lipinski definition) is 1. The van der Waals surface area contributed by atoms with E-state index in [-0.39, 0.29) is 29.2 Å². The Morgan fingerprint density at radius 3 is 2.62 bits per heavy atom. The van der Waals surface area contributed by atoms with Crippen LogP contribution in [0.15, 0.2) is 47.1 Å². The van der Waals surface area contributed by atoms with E-state index in [9.17, 15) is 13.2 Å². The van der Waals surface area contributed by atoms with E-state index in [1.807, 2.05) is 30.3 Å². The van der Waals surface area contributed by atoms with Crippen LogP contribution in [0, 0.1) is 0 Å². The van der Waals surface area contributed by atoms with E-state index in [4.69, 9.17) is 4.42 Å². The minimum atomic E-state index is -3.02. The first-order valence-corrected chi connectivity index (χ1v) is 8.51. The fourth-order valence-corrected chi connectivity index (χ4v) is 4.16. The van der Waals surface area contributed by atoms with Crippen LogP contribution in [-0.2, 0) is 9.84 Å². The van der Waals surface area contributed by atoms with E-state index in [1.165, 1.54) is 6.26 Å². The van der Waals surface area contributed by atoms with Gasteiger partial charge >= 0.3 is 0 Å². The largest absolute Gasteiger partial charge is 0.459 e. The van der Waals surface area contributed by atoms with Gasteiger partial charge in [0.25, 0.3) is 5.91 Å². The Labute approximate surface area is 122 Å². The van der Waals surface area contributed by atoms with Crippen molar-refractivity contribution in [2.45, 2.75) is 12.5 Å². The molecule has 0 bridgehead atoms. The summed E-state index contributed by atoms with van der Waals surface area (Å²) >= 11 is 0. The van der Waals surface area contributed by atoms with Gasteiger partial charge in [-0.2, -0.15) is 0 Å². The average Bonchev–Trinajstić information content (AvgIpc) is 3.06. The standard InChI is InChI=1S/C15H15NO4S/c17-15(16-12-7-9-21(18,19)10-12)14-13(6-8-20-14)11-4-2-1-3-5-11/h1-6,8,12H,7,9-10H2,(H,16,17)/t12-/m1/s1. The molecule has 1 aliphatic rings. The second-order valence-electron chi connectivity index (χ2n) is 5.10. The van der Waals surface area contributed by atoms with Crippen molar-refractivity contribution in [1.29, 1.82) is 0 Å². The van der Waals surface area contributed by atoms with Gasteiger partial charge < -0.3 is 9.73 Å². The van der Waals surface area contributed by atoms with Crippen molar-refractivity contribution in [3.63, 3.8) is 0 Å². The van der Waals surface area contributed by atoms with Crippen molar-refractivity contribution in [2.24, 2.45) is 0 Å². The average molecular weight is 305 g/mol. The summed E-state index contributed by atoms with van der Waals surface area (Å²) < 4.78 is 28.1. The van der Waals surface area contributed by atoms with E-state index < -0.39 is 9.84 Å². The van der Waals surface area contributed by atoms with Crippen molar-refractivity contribution in [3.8, 4) is 11.1 Å². The highest BCUT2D eigenvalue weighted by Gasteiger charge is 2.30. The van der Waals surface area contributed by atoms with Crippen LogP contribution in [0.4, 0.5) is 0 Å². The van der Waals surface area contributed by atoms with Gasteiger partial charge in [0.1, 0.15) is 0 Å². The van der Waals surface area contributed by atoms with Crippen LogP contribution < -0.4 is 5.32 Å². The Morgan fingerprint density at radius 2 is 1.95 bits per heavy atom. The highest BCUT2D eigenvalue weighted by Crippen LogP contribution is 2.25. The molecule has 1 N–H and O–H groups in total. The van der Waals surface area contributed by atoms with Crippen molar-refractivity contribution in [3.05, 3.63) is 48.4 Å². The summed E-state index contributed by atoms with van der Waals surface area (Å²) in [5.74, 6) is -0.0339. The molecule has 5 nitrogen and oxygen atoms in total. The lowest BCUT2D eigenvalue weighted by Gasteiger charge is -2.10. The monoisotopic (exact) mass is 305 g/mol. The predicted molar refractivity (Wildman–Crippen MR) is 78.7 cm³/mol. The van der Waals surface area contributed by atoms with E-state index in [2.05, 4.69) is 5.32 Å². The third-order valence-corrected chi connectivity index (χ3v) is 5.29. The number of furan rings is 1. The number of carbonyl (C=O) groups is 1. The zero-order chi connectivity index (χ0) is 14.9. The Balaban J connectivity index is 1.79. The Morgan fingerprint density at radius 1 is 1.19 bits per heavy atom. The molecule has 0 radical (unpaired) electrons. The third-order valence-electron chi connectivity index (χ3n) is 3.52. The number of carbonyl (C=O) groups excluding carboxylic acids is 1. The maximum Gasteiger partial charge on any atom is 0.287 e. The summed E-state index contributed by atoms with van der Waals surface area (Å²) in [6.07, 6.45) is 1.91. The first kappa shape index (κ1) is 13.9. The minimum Gasteiger partial charge on any atom is -0.459 e. The number of hydrogen-bond acceptors (Lipinski definition) is 4. The molecule has 0 unspecified atom stereocenters. The maximum absolute atomic E-state index is 12.3. The van der Waals surface area contributed by atoms with Crippen molar-refractivity contribution >= 4 is 15.7 Å². The van der Waals surface area contributed by atoms with E-state index in [0.29, 0.717) is 12.0 Å². The molecule has 1 aliphatic heterocycles. The van der Waals surface area contributed by atoms with Crippen LogP contribution >= 0.6 is 0 Å². The van der Waals surface area contributed by atoms with Gasteiger partial charge in [-0.25, -0.2) is 8.42 Å². The normalized spacial score (nSPS) is 20.3. The smallest absolute Gasteiger partial charge is 0.287 e. The van der Waals surface area contributed by atoms with Gasteiger partial charge in [-0.3, -0.25) is 4.79 Å². The molecular formula is C15H15NO4S. The van der Waals surface area contributed by atoms with Gasteiger partial charge in [0, 0.05) is 11.6 Å². The lowest BCUT2D eigenvalue weighted by Crippen LogP contribution is -2.35. The molecule has 2 heterocycles. The maximum atomic E-state index is 12.3. The minimum absolute atomic E-state index is 0.000118. The number of nitrogens with one attached hydrogen (secondary N) is 1. The molecule has 0 saturated carbocycles. The number of rotatable bonds is 3. The summed E-state index contributed by atoms with van der Waals surface area (Å²) in [4.78, 5) is 12.3. The third kappa shape index (κ3) is 3.00. The first-order chi connectivity index (χ1) is 10.1. The van der Waals surface area contributed by atoms with Crippen molar-refractivity contribution < 1.29 is 17.6 Å². The molecular weight excluding hydrogens is 290 g/mol. The first-order valence-electron chi connectivity index (χ1n) is 6.69. The van der Waals surface area contributed by atoms with Crippen molar-refractivity contribution in [2.75, 3.05) is 11.5 Å². The Bertz CT molecular complexity index is 749. The van der Waals surface area contributed by atoms with Crippen molar-refractivity contribution in [1.82, 2.24) is 5.32 Å². The summed E-state index contributed by atoms with van der Waals surface area (Å²) in [5.41, 5.74) is 1.59. The number of sulfone groups is 1. The van der Waals surface area contributed by atoms with Gasteiger partial charge in [0.15, 0.2) is 15.6 Å². The molecule has 1 amide bonds. The SMILES string of the molecule is O=C(N[C@@H]1CCS(=O)(=O)C1)c1occc1-c1ccccc1. The van der Waals surface area contributed by atoms with Crippen LogP contribution in [0.2, 0.25) is 0 Å². The lowest BCUT2D eigenvalue weighted by atomic mass is 10.1. The molecule has 0 aliphatic carbocycles. The van der Waals surface area contributed by atoms with Gasteiger partial charge in [-0.15, -0.1) is 0 Å². The topological polar surface area (TPSA) is 76.4 Å².